The lowest BCUT2D eigenvalue weighted by molar-refractivity contribution is -0.114. The van der Waals surface area contributed by atoms with Crippen LogP contribution in [0.2, 0.25) is 0 Å². The molecule has 9 nitrogen and oxygen atoms in total. The molecule has 1 heterocycles. The number of amides is 1. The quantitative estimate of drug-likeness (QED) is 0.643. The Labute approximate surface area is 165 Å². The Morgan fingerprint density at radius 1 is 1.36 bits per heavy atom. The van der Waals surface area contributed by atoms with Gasteiger partial charge in [0.2, 0.25) is 15.9 Å². The Morgan fingerprint density at radius 2 is 2.07 bits per heavy atom. The summed E-state index contributed by atoms with van der Waals surface area (Å²) in [6.07, 6.45) is 0.0794. The highest BCUT2D eigenvalue weighted by molar-refractivity contribution is 7.89. The number of benzene rings is 1. The summed E-state index contributed by atoms with van der Waals surface area (Å²) in [7, 11) is -2.54. The molecule has 1 saturated heterocycles. The number of hydrogen-bond donors (Lipinski definition) is 1. The molecule has 28 heavy (non-hydrogen) atoms. The predicted octanol–water partition coefficient (Wildman–Crippen LogP) is 0.890. The van der Waals surface area contributed by atoms with Crippen LogP contribution in [0.1, 0.15) is 13.3 Å². The largest absolute Gasteiger partial charge is 0.495 e. The van der Waals surface area contributed by atoms with E-state index >= 15 is 0 Å². The zero-order chi connectivity index (χ0) is 20.6. The van der Waals surface area contributed by atoms with Crippen LogP contribution in [0.5, 0.6) is 5.75 Å². The molecular weight excluding hydrogens is 384 g/mol. The van der Waals surface area contributed by atoms with Gasteiger partial charge in [-0.05, 0) is 18.2 Å². The van der Waals surface area contributed by atoms with Crippen molar-refractivity contribution >= 4 is 21.6 Å². The number of nitriles is 1. The molecule has 0 radical (unpaired) electrons. The number of carbonyl (C=O) groups is 1. The summed E-state index contributed by atoms with van der Waals surface area (Å²) in [6.45, 7) is 4.95. The van der Waals surface area contributed by atoms with Crippen LogP contribution >= 0.6 is 0 Å². The van der Waals surface area contributed by atoms with E-state index in [-0.39, 0.29) is 36.1 Å². The number of sulfonamides is 1. The van der Waals surface area contributed by atoms with E-state index in [1.165, 1.54) is 30.5 Å². The number of ether oxygens (including phenoxy) is 2. The van der Waals surface area contributed by atoms with Gasteiger partial charge in [-0.2, -0.15) is 9.57 Å². The molecule has 0 bridgehead atoms. The van der Waals surface area contributed by atoms with Crippen molar-refractivity contribution in [1.29, 1.82) is 5.26 Å². The molecule has 1 amide bonds. The van der Waals surface area contributed by atoms with Gasteiger partial charge in [-0.15, -0.1) is 0 Å². The Bertz CT molecular complexity index is 816. The van der Waals surface area contributed by atoms with Crippen molar-refractivity contribution in [2.24, 2.45) is 0 Å². The Balaban J connectivity index is 2.29. The van der Waals surface area contributed by atoms with Gasteiger partial charge >= 0.3 is 0 Å². The lowest BCUT2D eigenvalue weighted by atomic mass is 10.3. The van der Waals surface area contributed by atoms with E-state index < -0.39 is 10.0 Å². The van der Waals surface area contributed by atoms with E-state index in [9.17, 15) is 13.2 Å². The highest BCUT2D eigenvalue weighted by atomic mass is 32.2. The Kier molecular flexibility index (Phi) is 8.19. The van der Waals surface area contributed by atoms with Crippen LogP contribution in [0, 0.1) is 11.3 Å². The molecule has 0 atom stereocenters. The second kappa shape index (κ2) is 10.4. The van der Waals surface area contributed by atoms with Gasteiger partial charge in [-0.25, -0.2) is 8.42 Å². The molecule has 1 aliphatic rings. The maximum Gasteiger partial charge on any atom is 0.246 e. The fourth-order valence-corrected chi connectivity index (χ4v) is 4.52. The molecule has 0 unspecified atom stereocenters. The second-order valence-electron chi connectivity index (χ2n) is 6.31. The van der Waals surface area contributed by atoms with Crippen molar-refractivity contribution in [2.45, 2.75) is 18.2 Å². The van der Waals surface area contributed by atoms with Gasteiger partial charge < -0.3 is 14.8 Å². The molecule has 154 valence electrons. The highest BCUT2D eigenvalue weighted by Gasteiger charge is 2.28. The third-order valence-electron chi connectivity index (χ3n) is 4.34. The van der Waals surface area contributed by atoms with Gasteiger partial charge in [0.15, 0.2) is 0 Å². The maximum atomic E-state index is 13.3. The Hall–Kier alpha value is -2.19. The number of hydrogen-bond acceptors (Lipinski definition) is 7. The van der Waals surface area contributed by atoms with E-state index in [1.54, 1.807) is 6.07 Å². The molecule has 10 heteroatoms. The zero-order valence-electron chi connectivity index (χ0n) is 16.2. The van der Waals surface area contributed by atoms with Crippen molar-refractivity contribution in [3.8, 4) is 11.8 Å². The standard InChI is InChI=1S/C18H26N4O5S/c1-15(23)20-16-4-5-17(26-2)18(14-16)28(24,25)22(7-3-6-19)9-8-21-10-12-27-13-11-21/h4-5,14H,3,7-13H2,1-2H3,(H,20,23). The molecular formula is C18H26N4O5S. The molecule has 0 aliphatic carbocycles. The summed E-state index contributed by atoms with van der Waals surface area (Å²) >= 11 is 0. The summed E-state index contributed by atoms with van der Waals surface area (Å²) in [5, 5.41) is 11.5. The molecule has 1 aromatic carbocycles. The van der Waals surface area contributed by atoms with E-state index in [4.69, 9.17) is 14.7 Å². The third kappa shape index (κ3) is 5.90. The summed E-state index contributed by atoms with van der Waals surface area (Å²) < 4.78 is 38.5. The Morgan fingerprint density at radius 3 is 2.68 bits per heavy atom. The lowest BCUT2D eigenvalue weighted by Gasteiger charge is -2.29. The maximum absolute atomic E-state index is 13.3. The first-order valence-electron chi connectivity index (χ1n) is 9.01. The van der Waals surface area contributed by atoms with E-state index in [0.717, 1.165) is 13.1 Å². The van der Waals surface area contributed by atoms with E-state index in [2.05, 4.69) is 10.2 Å². The predicted molar refractivity (Wildman–Crippen MR) is 104 cm³/mol. The third-order valence-corrected chi connectivity index (χ3v) is 6.26. The average molecular weight is 410 g/mol. The number of carbonyl (C=O) groups excluding carboxylic acids is 1. The minimum atomic E-state index is -3.93. The zero-order valence-corrected chi connectivity index (χ0v) is 17.0. The van der Waals surface area contributed by atoms with Crippen LogP contribution in [-0.2, 0) is 19.6 Å². The van der Waals surface area contributed by atoms with E-state index in [1.807, 2.05) is 6.07 Å². The van der Waals surface area contributed by atoms with Crippen molar-refractivity contribution in [1.82, 2.24) is 9.21 Å². The number of nitrogens with one attached hydrogen (secondary N) is 1. The minimum absolute atomic E-state index is 0.0406. The van der Waals surface area contributed by atoms with Crippen molar-refractivity contribution in [3.63, 3.8) is 0 Å². The number of rotatable bonds is 9. The van der Waals surface area contributed by atoms with Crippen LogP contribution < -0.4 is 10.1 Å². The number of morpholine rings is 1. The van der Waals surface area contributed by atoms with Gasteiger partial charge in [0.25, 0.3) is 0 Å². The molecule has 1 aliphatic heterocycles. The first kappa shape index (κ1) is 22.1. The number of methoxy groups -OCH3 is 1. The summed E-state index contributed by atoms with van der Waals surface area (Å²) in [4.78, 5) is 13.4. The second-order valence-corrected chi connectivity index (χ2v) is 8.22. The van der Waals surface area contributed by atoms with Gasteiger partial charge in [-0.3, -0.25) is 9.69 Å². The van der Waals surface area contributed by atoms with Crippen LogP contribution in [0.3, 0.4) is 0 Å². The van der Waals surface area contributed by atoms with Gasteiger partial charge in [-0.1, -0.05) is 0 Å². The van der Waals surface area contributed by atoms with Crippen molar-refractivity contribution in [3.05, 3.63) is 18.2 Å². The van der Waals surface area contributed by atoms with Crippen LogP contribution in [0.15, 0.2) is 23.1 Å². The van der Waals surface area contributed by atoms with Crippen LogP contribution in [0.4, 0.5) is 5.69 Å². The topological polar surface area (TPSA) is 112 Å². The molecule has 0 aromatic heterocycles. The average Bonchev–Trinajstić information content (AvgIpc) is 2.68. The first-order chi connectivity index (χ1) is 13.4. The fraction of sp³-hybridized carbons (Fsp3) is 0.556. The van der Waals surface area contributed by atoms with Crippen LogP contribution in [0.25, 0.3) is 0 Å². The minimum Gasteiger partial charge on any atom is -0.495 e. The highest BCUT2D eigenvalue weighted by Crippen LogP contribution is 2.30. The smallest absolute Gasteiger partial charge is 0.246 e. The molecule has 1 N–H and O–H groups in total. The first-order valence-corrected chi connectivity index (χ1v) is 10.5. The van der Waals surface area contributed by atoms with Gasteiger partial charge in [0.1, 0.15) is 10.6 Å². The normalized spacial score (nSPS) is 15.2. The van der Waals surface area contributed by atoms with Gasteiger partial charge in [0, 0.05) is 51.8 Å². The summed E-state index contributed by atoms with van der Waals surface area (Å²) in [5.74, 6) is -0.121. The molecule has 1 fully saturated rings. The molecule has 0 saturated carbocycles. The molecule has 2 rings (SSSR count). The SMILES string of the molecule is COc1ccc(NC(C)=O)cc1S(=O)(=O)N(CCC#N)CCN1CCOCC1. The number of anilines is 1. The molecule has 0 spiro atoms. The summed E-state index contributed by atoms with van der Waals surface area (Å²) in [5.41, 5.74) is 0.361. The van der Waals surface area contributed by atoms with Gasteiger partial charge in [0.05, 0.1) is 26.4 Å². The molecule has 1 aromatic rings. The lowest BCUT2D eigenvalue weighted by Crippen LogP contribution is -2.43. The van der Waals surface area contributed by atoms with Crippen molar-refractivity contribution < 1.29 is 22.7 Å². The fourth-order valence-electron chi connectivity index (χ4n) is 2.90. The van der Waals surface area contributed by atoms with Crippen LogP contribution in [-0.4, -0.2) is 76.6 Å². The summed E-state index contributed by atoms with van der Waals surface area (Å²) in [6, 6.07) is 6.46. The number of nitrogens with zero attached hydrogens (tertiary/aromatic N) is 3. The monoisotopic (exact) mass is 410 g/mol. The van der Waals surface area contributed by atoms with E-state index in [0.29, 0.717) is 25.4 Å². The van der Waals surface area contributed by atoms with Crippen molar-refractivity contribution in [2.75, 3.05) is 58.4 Å².